The lowest BCUT2D eigenvalue weighted by molar-refractivity contribution is -0.387. The third-order valence-electron chi connectivity index (χ3n) is 2.54. The molecule has 0 radical (unpaired) electrons. The molecule has 0 aliphatic rings. The van der Waals surface area contributed by atoms with E-state index in [4.69, 9.17) is 11.6 Å². The van der Waals surface area contributed by atoms with Crippen LogP contribution in [0.15, 0.2) is 41.6 Å². The van der Waals surface area contributed by atoms with Crippen LogP contribution in [-0.4, -0.2) is 18.3 Å². The summed E-state index contributed by atoms with van der Waals surface area (Å²) in [6.45, 7) is 0.0333. The fraction of sp³-hybridized carbons (Fsp3) is 0.0909. The average Bonchev–Trinajstić information content (AvgIpc) is 2.89. The summed E-state index contributed by atoms with van der Waals surface area (Å²) >= 11 is 5.65. The first kappa shape index (κ1) is 14.5. The maximum absolute atomic E-state index is 12.1. The molecule has 0 fully saturated rings. The van der Waals surface area contributed by atoms with E-state index in [0.29, 0.717) is 5.56 Å². The zero-order chi connectivity index (χ0) is 14.8. The molecule has 7 nitrogen and oxygen atoms in total. The predicted molar refractivity (Wildman–Crippen MR) is 72.9 cm³/mol. The number of hydrogen-bond acceptors (Lipinski definition) is 4. The van der Waals surface area contributed by atoms with Crippen molar-refractivity contribution in [2.75, 3.05) is 0 Å². The van der Waals surface area contributed by atoms with Crippen LogP contribution in [-0.2, 0) is 16.6 Å². The summed E-state index contributed by atoms with van der Waals surface area (Å²) in [7, 11) is -3.99. The van der Waals surface area contributed by atoms with Gasteiger partial charge in [0.15, 0.2) is 4.90 Å². The van der Waals surface area contributed by atoms with E-state index in [1.54, 1.807) is 18.5 Å². The van der Waals surface area contributed by atoms with Gasteiger partial charge in [0.1, 0.15) is 0 Å². The Morgan fingerprint density at radius 1 is 1.35 bits per heavy atom. The first-order chi connectivity index (χ1) is 9.40. The predicted octanol–water partition coefficient (Wildman–Crippen LogP) is 2.05. The summed E-state index contributed by atoms with van der Waals surface area (Å²) in [4.78, 5) is 12.5. The molecule has 0 atom stereocenters. The van der Waals surface area contributed by atoms with E-state index < -0.39 is 25.5 Å². The minimum Gasteiger partial charge on any atom is -0.367 e. The number of hydrogen-bond donors (Lipinski definition) is 2. The van der Waals surface area contributed by atoms with Gasteiger partial charge in [0, 0.05) is 30.0 Å². The van der Waals surface area contributed by atoms with Gasteiger partial charge in [-0.1, -0.05) is 11.6 Å². The maximum atomic E-state index is 12.1. The van der Waals surface area contributed by atoms with Crippen LogP contribution < -0.4 is 4.72 Å². The van der Waals surface area contributed by atoms with Crippen molar-refractivity contribution in [3.8, 4) is 0 Å². The lowest BCUT2D eigenvalue weighted by Crippen LogP contribution is -2.23. The van der Waals surface area contributed by atoms with E-state index >= 15 is 0 Å². The molecule has 106 valence electrons. The van der Waals surface area contributed by atoms with Gasteiger partial charge in [0.25, 0.3) is 5.69 Å². The lowest BCUT2D eigenvalue weighted by atomic mass is 10.3. The summed E-state index contributed by atoms with van der Waals surface area (Å²) < 4.78 is 26.5. The molecule has 0 bridgehead atoms. The Labute approximate surface area is 119 Å². The molecular weight excluding hydrogens is 306 g/mol. The van der Waals surface area contributed by atoms with Crippen molar-refractivity contribution in [2.45, 2.75) is 11.4 Å². The molecule has 1 heterocycles. The SMILES string of the molecule is O=[N+]([O-])c1cc(Cl)ccc1S(=O)(=O)NCc1cc[nH]c1. The standard InChI is InChI=1S/C11H10ClN3O4S/c12-9-1-2-11(10(5-9)15(16)17)20(18,19)14-7-8-3-4-13-6-8/h1-6,13-14H,7H2. The summed E-state index contributed by atoms with van der Waals surface area (Å²) in [5.41, 5.74) is 0.157. The minimum atomic E-state index is -3.99. The van der Waals surface area contributed by atoms with Crippen molar-refractivity contribution in [1.29, 1.82) is 0 Å². The van der Waals surface area contributed by atoms with E-state index in [1.165, 1.54) is 6.07 Å². The fourth-order valence-corrected chi connectivity index (χ4v) is 2.92. The molecule has 1 aromatic carbocycles. The second kappa shape index (κ2) is 5.61. The van der Waals surface area contributed by atoms with Gasteiger partial charge < -0.3 is 4.98 Å². The molecule has 2 rings (SSSR count). The van der Waals surface area contributed by atoms with Gasteiger partial charge in [-0.2, -0.15) is 0 Å². The van der Waals surface area contributed by atoms with Gasteiger partial charge in [-0.25, -0.2) is 13.1 Å². The molecular formula is C11H10ClN3O4S. The molecule has 0 aliphatic carbocycles. The zero-order valence-electron chi connectivity index (χ0n) is 10.0. The van der Waals surface area contributed by atoms with Crippen LogP contribution in [0, 0.1) is 10.1 Å². The van der Waals surface area contributed by atoms with E-state index in [0.717, 1.165) is 12.1 Å². The van der Waals surface area contributed by atoms with Gasteiger partial charge in [0.2, 0.25) is 10.0 Å². The minimum absolute atomic E-state index is 0.0333. The number of aromatic nitrogens is 1. The molecule has 2 aromatic rings. The number of sulfonamides is 1. The van der Waals surface area contributed by atoms with Crippen molar-refractivity contribution in [3.05, 3.63) is 57.4 Å². The number of rotatable bonds is 5. The third-order valence-corrected chi connectivity index (χ3v) is 4.22. The molecule has 0 aliphatic heterocycles. The Kier molecular flexibility index (Phi) is 4.07. The van der Waals surface area contributed by atoms with Crippen molar-refractivity contribution in [2.24, 2.45) is 0 Å². The topological polar surface area (TPSA) is 105 Å². The molecule has 9 heteroatoms. The highest BCUT2D eigenvalue weighted by molar-refractivity contribution is 7.89. The fourth-order valence-electron chi connectivity index (χ4n) is 1.58. The van der Waals surface area contributed by atoms with Gasteiger partial charge in [-0.3, -0.25) is 10.1 Å². The summed E-state index contributed by atoms with van der Waals surface area (Å²) in [6, 6.07) is 5.10. The van der Waals surface area contributed by atoms with Crippen LogP contribution in [0.3, 0.4) is 0 Å². The Bertz CT molecular complexity index is 728. The molecule has 0 unspecified atom stereocenters. The quantitative estimate of drug-likeness (QED) is 0.650. The number of halogens is 1. The van der Waals surface area contributed by atoms with Crippen LogP contribution in [0.1, 0.15) is 5.56 Å². The van der Waals surface area contributed by atoms with Crippen LogP contribution in [0.25, 0.3) is 0 Å². The van der Waals surface area contributed by atoms with Crippen LogP contribution >= 0.6 is 11.6 Å². The van der Waals surface area contributed by atoms with Gasteiger partial charge in [-0.15, -0.1) is 0 Å². The Hall–Kier alpha value is -1.90. The van der Waals surface area contributed by atoms with E-state index in [9.17, 15) is 18.5 Å². The van der Waals surface area contributed by atoms with Crippen LogP contribution in [0.2, 0.25) is 5.02 Å². The second-order valence-corrected chi connectivity index (χ2v) is 6.08. The largest absolute Gasteiger partial charge is 0.367 e. The number of benzene rings is 1. The number of aromatic amines is 1. The molecule has 0 saturated carbocycles. The monoisotopic (exact) mass is 315 g/mol. The highest BCUT2D eigenvalue weighted by Crippen LogP contribution is 2.27. The number of nitro groups is 1. The zero-order valence-corrected chi connectivity index (χ0v) is 11.6. The highest BCUT2D eigenvalue weighted by atomic mass is 35.5. The van der Waals surface area contributed by atoms with Crippen molar-refractivity contribution in [1.82, 2.24) is 9.71 Å². The Balaban J connectivity index is 2.31. The Morgan fingerprint density at radius 2 is 2.10 bits per heavy atom. The third kappa shape index (κ3) is 3.16. The summed E-state index contributed by atoms with van der Waals surface area (Å²) in [6.07, 6.45) is 3.27. The number of H-pyrrole nitrogens is 1. The first-order valence-electron chi connectivity index (χ1n) is 5.45. The van der Waals surface area contributed by atoms with Crippen molar-refractivity contribution >= 4 is 27.3 Å². The second-order valence-electron chi connectivity index (χ2n) is 3.91. The van der Waals surface area contributed by atoms with Gasteiger partial charge in [0.05, 0.1) is 4.92 Å². The molecule has 2 N–H and O–H groups in total. The van der Waals surface area contributed by atoms with Crippen LogP contribution in [0.5, 0.6) is 0 Å². The summed E-state index contributed by atoms with van der Waals surface area (Å²) in [5.74, 6) is 0. The average molecular weight is 316 g/mol. The Morgan fingerprint density at radius 3 is 2.70 bits per heavy atom. The maximum Gasteiger partial charge on any atom is 0.290 e. The van der Waals surface area contributed by atoms with E-state index in [2.05, 4.69) is 9.71 Å². The first-order valence-corrected chi connectivity index (χ1v) is 7.31. The van der Waals surface area contributed by atoms with Crippen molar-refractivity contribution in [3.63, 3.8) is 0 Å². The normalized spacial score (nSPS) is 11.4. The van der Waals surface area contributed by atoms with Crippen molar-refractivity contribution < 1.29 is 13.3 Å². The molecule has 0 saturated heterocycles. The number of nitrogens with zero attached hydrogens (tertiary/aromatic N) is 1. The smallest absolute Gasteiger partial charge is 0.290 e. The molecule has 1 aromatic heterocycles. The number of nitro benzene ring substituents is 1. The van der Waals surface area contributed by atoms with Crippen LogP contribution in [0.4, 0.5) is 5.69 Å². The number of nitrogens with one attached hydrogen (secondary N) is 2. The molecule has 20 heavy (non-hydrogen) atoms. The van der Waals surface area contributed by atoms with Gasteiger partial charge in [-0.05, 0) is 23.8 Å². The highest BCUT2D eigenvalue weighted by Gasteiger charge is 2.25. The van der Waals surface area contributed by atoms with Gasteiger partial charge >= 0.3 is 0 Å². The lowest BCUT2D eigenvalue weighted by Gasteiger charge is -2.06. The van der Waals surface area contributed by atoms with E-state index in [1.807, 2.05) is 0 Å². The molecule has 0 amide bonds. The molecule has 0 spiro atoms. The summed E-state index contributed by atoms with van der Waals surface area (Å²) in [5, 5.41) is 11.0. The van der Waals surface area contributed by atoms with E-state index in [-0.39, 0.29) is 11.6 Å².